The second-order valence-corrected chi connectivity index (χ2v) is 11.2. The summed E-state index contributed by atoms with van der Waals surface area (Å²) < 4.78 is 43.5. The zero-order valence-corrected chi connectivity index (χ0v) is 21.2. The van der Waals surface area contributed by atoms with E-state index in [0.717, 1.165) is 57.3 Å². The Morgan fingerprint density at radius 1 is 1.15 bits per heavy atom. The van der Waals surface area contributed by atoms with Gasteiger partial charge in [-0.1, -0.05) is 17.7 Å². The van der Waals surface area contributed by atoms with Crippen molar-refractivity contribution in [2.24, 2.45) is 0 Å². The molecule has 188 valence electrons. The van der Waals surface area contributed by atoms with E-state index in [9.17, 15) is 17.8 Å². The van der Waals surface area contributed by atoms with Crippen LogP contribution < -0.4 is 5.32 Å². The Labute approximate surface area is 198 Å². The number of hydrogen-bond donors (Lipinski definition) is 2. The van der Waals surface area contributed by atoms with Crippen molar-refractivity contribution in [1.82, 2.24) is 10.2 Å². The van der Waals surface area contributed by atoms with Crippen LogP contribution in [0.3, 0.4) is 0 Å². The van der Waals surface area contributed by atoms with Gasteiger partial charge >= 0.3 is 6.09 Å². The standard InChI is InChI=1S/C24H40N2O6S/c1-19-9-10-22(33(28,29)30)20(18-19)8-5-6-16-31-17-7-13-26-14-11-21(12-15-26)25-23(27)32-24(2,3)4/h9-10,18,21H,5-8,11-17H2,1-4H3,(H,25,27)(H,28,29,30). The number of hydrogen-bond acceptors (Lipinski definition) is 6. The lowest BCUT2D eigenvalue weighted by Gasteiger charge is -2.32. The van der Waals surface area contributed by atoms with E-state index in [1.807, 2.05) is 33.8 Å². The summed E-state index contributed by atoms with van der Waals surface area (Å²) in [4.78, 5) is 14.3. The smallest absolute Gasteiger partial charge is 0.407 e. The first-order valence-electron chi connectivity index (χ1n) is 11.8. The molecule has 0 saturated carbocycles. The molecule has 1 aliphatic heterocycles. The number of aryl methyl sites for hydroxylation is 2. The topological polar surface area (TPSA) is 105 Å². The van der Waals surface area contributed by atoms with E-state index in [4.69, 9.17) is 9.47 Å². The van der Waals surface area contributed by atoms with E-state index >= 15 is 0 Å². The molecule has 0 aliphatic carbocycles. The molecule has 2 rings (SSSR count). The minimum absolute atomic E-state index is 0.000849. The largest absolute Gasteiger partial charge is 0.444 e. The number of rotatable bonds is 11. The van der Waals surface area contributed by atoms with Crippen molar-refractivity contribution >= 4 is 16.2 Å². The average molecular weight is 485 g/mol. The zero-order chi connectivity index (χ0) is 24.5. The highest BCUT2D eigenvalue weighted by Crippen LogP contribution is 2.19. The minimum Gasteiger partial charge on any atom is -0.444 e. The van der Waals surface area contributed by atoms with Gasteiger partial charge in [0.15, 0.2) is 0 Å². The van der Waals surface area contributed by atoms with Crippen LogP contribution >= 0.6 is 0 Å². The highest BCUT2D eigenvalue weighted by atomic mass is 32.2. The third kappa shape index (κ3) is 10.9. The van der Waals surface area contributed by atoms with Gasteiger partial charge in [-0.05, 0) is 77.8 Å². The number of carbonyl (C=O) groups excluding carboxylic acids is 1. The number of amides is 1. The monoisotopic (exact) mass is 484 g/mol. The molecule has 0 unspecified atom stereocenters. The van der Waals surface area contributed by atoms with Gasteiger partial charge < -0.3 is 19.7 Å². The van der Waals surface area contributed by atoms with Gasteiger partial charge in [0, 0.05) is 38.9 Å². The maximum atomic E-state index is 11.9. The molecule has 1 aliphatic rings. The van der Waals surface area contributed by atoms with Gasteiger partial charge in [0.2, 0.25) is 0 Å². The van der Waals surface area contributed by atoms with Crippen molar-refractivity contribution in [3.05, 3.63) is 29.3 Å². The van der Waals surface area contributed by atoms with Gasteiger partial charge in [0.1, 0.15) is 5.60 Å². The third-order valence-electron chi connectivity index (χ3n) is 5.55. The molecule has 0 aromatic heterocycles. The Bertz CT molecular complexity index is 858. The first-order valence-corrected chi connectivity index (χ1v) is 13.2. The first-order chi connectivity index (χ1) is 15.4. The zero-order valence-electron chi connectivity index (χ0n) is 20.4. The third-order valence-corrected chi connectivity index (χ3v) is 6.50. The first kappa shape index (κ1) is 27.6. The molecular weight excluding hydrogens is 444 g/mol. The van der Waals surface area contributed by atoms with Crippen molar-refractivity contribution < 1.29 is 27.2 Å². The van der Waals surface area contributed by atoms with Crippen molar-refractivity contribution in [1.29, 1.82) is 0 Å². The Kier molecular flexibility index (Phi) is 10.6. The second kappa shape index (κ2) is 12.7. The molecular formula is C24H40N2O6S. The summed E-state index contributed by atoms with van der Waals surface area (Å²) in [7, 11) is -4.20. The van der Waals surface area contributed by atoms with Crippen LogP contribution in [0.25, 0.3) is 0 Å². The molecule has 1 heterocycles. The summed E-state index contributed by atoms with van der Waals surface area (Å²) >= 11 is 0. The fourth-order valence-electron chi connectivity index (χ4n) is 3.94. The number of carbonyl (C=O) groups is 1. The van der Waals surface area contributed by atoms with Crippen LogP contribution in [-0.4, -0.2) is 68.5 Å². The van der Waals surface area contributed by atoms with Gasteiger partial charge in [-0.25, -0.2) is 4.79 Å². The van der Waals surface area contributed by atoms with Crippen LogP contribution in [0.2, 0.25) is 0 Å². The van der Waals surface area contributed by atoms with Gasteiger partial charge in [-0.15, -0.1) is 0 Å². The summed E-state index contributed by atoms with van der Waals surface area (Å²) in [6.07, 6.45) is 4.67. The number of ether oxygens (including phenoxy) is 2. The molecule has 0 spiro atoms. The predicted molar refractivity (Wildman–Crippen MR) is 128 cm³/mol. The SMILES string of the molecule is Cc1ccc(S(=O)(=O)O)c(CCCCOCCCN2CCC(NC(=O)OC(C)(C)C)CC2)c1. The van der Waals surface area contributed by atoms with Crippen LogP contribution in [0.5, 0.6) is 0 Å². The van der Waals surface area contributed by atoms with E-state index in [1.54, 1.807) is 6.07 Å². The van der Waals surface area contributed by atoms with Gasteiger partial charge in [0.25, 0.3) is 10.1 Å². The normalized spacial score (nSPS) is 16.0. The van der Waals surface area contributed by atoms with Crippen LogP contribution in [0, 0.1) is 6.92 Å². The van der Waals surface area contributed by atoms with Crippen molar-refractivity contribution in [3.63, 3.8) is 0 Å². The predicted octanol–water partition coefficient (Wildman–Crippen LogP) is 3.96. The molecule has 8 nitrogen and oxygen atoms in total. The lowest BCUT2D eigenvalue weighted by Crippen LogP contribution is -2.46. The van der Waals surface area contributed by atoms with Gasteiger partial charge in [0.05, 0.1) is 4.90 Å². The number of likely N-dealkylation sites (tertiary alicyclic amines) is 1. The molecule has 1 aromatic rings. The van der Waals surface area contributed by atoms with E-state index in [0.29, 0.717) is 25.2 Å². The number of nitrogens with zero attached hydrogens (tertiary/aromatic N) is 1. The van der Waals surface area contributed by atoms with Crippen molar-refractivity contribution in [2.45, 2.75) is 82.8 Å². The lowest BCUT2D eigenvalue weighted by atomic mass is 10.1. The molecule has 1 amide bonds. The maximum absolute atomic E-state index is 11.9. The number of benzene rings is 1. The van der Waals surface area contributed by atoms with Crippen LogP contribution in [0.1, 0.15) is 64.0 Å². The summed E-state index contributed by atoms with van der Waals surface area (Å²) in [6.45, 7) is 11.7. The number of unbranched alkanes of at least 4 members (excludes halogenated alkanes) is 1. The summed E-state index contributed by atoms with van der Waals surface area (Å²) in [5.41, 5.74) is 1.15. The summed E-state index contributed by atoms with van der Waals surface area (Å²) in [6, 6.07) is 5.14. The number of nitrogens with one attached hydrogen (secondary N) is 1. The van der Waals surface area contributed by atoms with Crippen LogP contribution in [-0.2, 0) is 26.0 Å². The Hall–Kier alpha value is -1.68. The Morgan fingerprint density at radius 2 is 1.82 bits per heavy atom. The van der Waals surface area contributed by atoms with E-state index < -0.39 is 15.7 Å². The van der Waals surface area contributed by atoms with E-state index in [1.165, 1.54) is 6.07 Å². The quantitative estimate of drug-likeness (QED) is 0.362. The molecule has 9 heteroatoms. The van der Waals surface area contributed by atoms with Gasteiger partial charge in [-0.3, -0.25) is 4.55 Å². The molecule has 0 bridgehead atoms. The molecule has 1 aromatic carbocycles. The summed E-state index contributed by atoms with van der Waals surface area (Å²) in [5.74, 6) is 0. The van der Waals surface area contributed by atoms with E-state index in [-0.39, 0.29) is 17.0 Å². The highest BCUT2D eigenvalue weighted by Gasteiger charge is 2.23. The minimum atomic E-state index is -4.20. The van der Waals surface area contributed by atoms with Crippen LogP contribution in [0.15, 0.2) is 23.1 Å². The lowest BCUT2D eigenvalue weighted by molar-refractivity contribution is 0.0476. The molecule has 2 N–H and O–H groups in total. The Balaban J connectivity index is 1.54. The molecule has 1 fully saturated rings. The molecule has 33 heavy (non-hydrogen) atoms. The van der Waals surface area contributed by atoms with Gasteiger partial charge in [-0.2, -0.15) is 8.42 Å². The highest BCUT2D eigenvalue weighted by molar-refractivity contribution is 7.85. The second-order valence-electron chi connectivity index (χ2n) is 9.77. The molecule has 1 saturated heterocycles. The van der Waals surface area contributed by atoms with Crippen molar-refractivity contribution in [2.75, 3.05) is 32.8 Å². The number of piperidine rings is 1. The average Bonchev–Trinajstić information content (AvgIpc) is 2.69. The summed E-state index contributed by atoms with van der Waals surface area (Å²) in [5, 5.41) is 2.96. The molecule has 0 radical (unpaired) electrons. The Morgan fingerprint density at radius 3 is 2.45 bits per heavy atom. The fraction of sp³-hybridized carbons (Fsp3) is 0.708. The van der Waals surface area contributed by atoms with E-state index in [2.05, 4.69) is 10.2 Å². The fourth-order valence-corrected chi connectivity index (χ4v) is 4.67. The van der Waals surface area contributed by atoms with Crippen molar-refractivity contribution in [3.8, 4) is 0 Å². The molecule has 0 atom stereocenters. The number of alkyl carbamates (subject to hydrolysis) is 1. The maximum Gasteiger partial charge on any atom is 0.407 e. The van der Waals surface area contributed by atoms with Crippen LogP contribution in [0.4, 0.5) is 4.79 Å².